The van der Waals surface area contributed by atoms with Gasteiger partial charge < -0.3 is 10.1 Å². The lowest BCUT2D eigenvalue weighted by molar-refractivity contribution is -0.111. The van der Waals surface area contributed by atoms with E-state index < -0.39 is 0 Å². The molecule has 0 aliphatic carbocycles. The fraction of sp³-hybridized carbons (Fsp3) is 0.118. The monoisotopic (exact) mass is 267 g/mol. The zero-order valence-electron chi connectivity index (χ0n) is 11.6. The summed E-state index contributed by atoms with van der Waals surface area (Å²) >= 11 is 0. The van der Waals surface area contributed by atoms with Gasteiger partial charge in [0.2, 0.25) is 5.91 Å². The van der Waals surface area contributed by atoms with Gasteiger partial charge in [-0.3, -0.25) is 4.79 Å². The smallest absolute Gasteiger partial charge is 0.248 e. The van der Waals surface area contributed by atoms with Gasteiger partial charge >= 0.3 is 0 Å². The van der Waals surface area contributed by atoms with Gasteiger partial charge in [0.1, 0.15) is 5.75 Å². The predicted octanol–water partition coefficient (Wildman–Crippen LogP) is 3.74. The molecule has 2 aromatic rings. The van der Waals surface area contributed by atoms with Crippen LogP contribution in [0.5, 0.6) is 5.75 Å². The minimum atomic E-state index is -0.135. The standard InChI is InChI=1S/C17H17NO2/c1-13(14-8-10-16(20-2)11-9-14)12-17(19)18-15-6-4-3-5-7-15/h3-12H,1-2H3,(H,18,19)/b13-12+. The number of allylic oxidation sites excluding steroid dienone is 1. The molecule has 2 rings (SSSR count). The molecular weight excluding hydrogens is 250 g/mol. The predicted molar refractivity (Wildman–Crippen MR) is 81.7 cm³/mol. The van der Waals surface area contributed by atoms with Crippen molar-refractivity contribution in [3.8, 4) is 5.75 Å². The second-order valence-corrected chi connectivity index (χ2v) is 4.41. The molecule has 1 amide bonds. The van der Waals surface area contributed by atoms with Crippen molar-refractivity contribution in [1.29, 1.82) is 0 Å². The average Bonchev–Trinajstić information content (AvgIpc) is 2.48. The Hall–Kier alpha value is -2.55. The Morgan fingerprint density at radius 3 is 2.30 bits per heavy atom. The van der Waals surface area contributed by atoms with Crippen molar-refractivity contribution in [3.63, 3.8) is 0 Å². The summed E-state index contributed by atoms with van der Waals surface area (Å²) in [5.41, 5.74) is 2.69. The van der Waals surface area contributed by atoms with Crippen molar-refractivity contribution in [2.45, 2.75) is 6.92 Å². The van der Waals surface area contributed by atoms with Crippen molar-refractivity contribution in [1.82, 2.24) is 0 Å². The molecule has 0 heterocycles. The van der Waals surface area contributed by atoms with Gasteiger partial charge in [0.25, 0.3) is 0 Å². The highest BCUT2D eigenvalue weighted by Gasteiger charge is 2.01. The van der Waals surface area contributed by atoms with Crippen LogP contribution in [0.15, 0.2) is 60.7 Å². The van der Waals surface area contributed by atoms with Gasteiger partial charge in [-0.15, -0.1) is 0 Å². The highest BCUT2D eigenvalue weighted by molar-refractivity contribution is 6.03. The fourth-order valence-electron chi connectivity index (χ4n) is 1.83. The molecule has 0 aromatic heterocycles. The van der Waals surface area contributed by atoms with E-state index >= 15 is 0 Å². The third-order valence-corrected chi connectivity index (χ3v) is 2.93. The van der Waals surface area contributed by atoms with Gasteiger partial charge in [-0.1, -0.05) is 30.3 Å². The van der Waals surface area contributed by atoms with Gasteiger partial charge in [0.05, 0.1) is 7.11 Å². The first-order valence-corrected chi connectivity index (χ1v) is 6.38. The van der Waals surface area contributed by atoms with Crippen LogP contribution in [0.4, 0.5) is 5.69 Å². The van der Waals surface area contributed by atoms with Crippen LogP contribution in [0.25, 0.3) is 5.57 Å². The van der Waals surface area contributed by atoms with Crippen LogP contribution in [-0.4, -0.2) is 13.0 Å². The highest BCUT2D eigenvalue weighted by atomic mass is 16.5. The Balaban J connectivity index is 2.07. The molecule has 0 atom stereocenters. The van der Waals surface area contributed by atoms with Crippen LogP contribution in [0, 0.1) is 0 Å². The molecule has 102 valence electrons. The Bertz CT molecular complexity index is 601. The van der Waals surface area contributed by atoms with Gasteiger partial charge in [0, 0.05) is 11.8 Å². The molecule has 0 saturated carbocycles. The zero-order chi connectivity index (χ0) is 14.4. The molecule has 1 N–H and O–H groups in total. The normalized spacial score (nSPS) is 11.0. The Morgan fingerprint density at radius 2 is 1.70 bits per heavy atom. The summed E-state index contributed by atoms with van der Waals surface area (Å²) in [7, 11) is 1.63. The second kappa shape index (κ2) is 6.57. The van der Waals surface area contributed by atoms with Crippen molar-refractivity contribution in [2.24, 2.45) is 0 Å². The van der Waals surface area contributed by atoms with Gasteiger partial charge in [-0.25, -0.2) is 0 Å². The van der Waals surface area contributed by atoms with Crippen molar-refractivity contribution in [2.75, 3.05) is 12.4 Å². The topological polar surface area (TPSA) is 38.3 Å². The minimum absolute atomic E-state index is 0.135. The fourth-order valence-corrected chi connectivity index (χ4v) is 1.83. The highest BCUT2D eigenvalue weighted by Crippen LogP contribution is 2.18. The number of ether oxygens (including phenoxy) is 1. The first kappa shape index (κ1) is 13.9. The number of nitrogens with one attached hydrogen (secondary N) is 1. The third kappa shape index (κ3) is 3.72. The molecule has 3 heteroatoms. The second-order valence-electron chi connectivity index (χ2n) is 4.41. The van der Waals surface area contributed by atoms with Crippen LogP contribution in [0.1, 0.15) is 12.5 Å². The van der Waals surface area contributed by atoms with Gasteiger partial charge in [0.15, 0.2) is 0 Å². The molecule has 0 bridgehead atoms. The number of amides is 1. The van der Waals surface area contributed by atoms with Crippen molar-refractivity contribution >= 4 is 17.2 Å². The third-order valence-electron chi connectivity index (χ3n) is 2.93. The van der Waals surface area contributed by atoms with E-state index in [-0.39, 0.29) is 5.91 Å². The van der Waals surface area contributed by atoms with Gasteiger partial charge in [-0.05, 0) is 42.3 Å². The lowest BCUT2D eigenvalue weighted by Crippen LogP contribution is -2.08. The molecule has 0 radical (unpaired) electrons. The van der Waals surface area contributed by atoms with Crippen LogP contribution in [-0.2, 0) is 4.79 Å². The number of carbonyl (C=O) groups excluding carboxylic acids is 1. The molecule has 3 nitrogen and oxygen atoms in total. The number of hydrogen-bond donors (Lipinski definition) is 1. The van der Waals surface area contributed by atoms with Crippen LogP contribution < -0.4 is 10.1 Å². The molecule has 0 fully saturated rings. The largest absolute Gasteiger partial charge is 0.497 e. The van der Waals surface area contributed by atoms with Gasteiger partial charge in [-0.2, -0.15) is 0 Å². The lowest BCUT2D eigenvalue weighted by atomic mass is 10.1. The van der Waals surface area contributed by atoms with E-state index in [2.05, 4.69) is 5.32 Å². The maximum Gasteiger partial charge on any atom is 0.248 e. The Morgan fingerprint density at radius 1 is 1.05 bits per heavy atom. The van der Waals surface area contributed by atoms with E-state index in [0.717, 1.165) is 22.6 Å². The van der Waals surface area contributed by atoms with E-state index in [9.17, 15) is 4.79 Å². The number of para-hydroxylation sites is 1. The Kier molecular flexibility index (Phi) is 4.56. The summed E-state index contributed by atoms with van der Waals surface area (Å²) in [5, 5.41) is 2.83. The van der Waals surface area contributed by atoms with E-state index in [0.29, 0.717) is 0 Å². The number of benzene rings is 2. The molecule has 0 aliphatic rings. The van der Waals surface area contributed by atoms with E-state index in [4.69, 9.17) is 4.74 Å². The summed E-state index contributed by atoms with van der Waals surface area (Å²) in [6.45, 7) is 1.91. The molecule has 0 spiro atoms. The van der Waals surface area contributed by atoms with Crippen LogP contribution >= 0.6 is 0 Å². The number of hydrogen-bond acceptors (Lipinski definition) is 2. The van der Waals surface area contributed by atoms with Crippen molar-refractivity contribution < 1.29 is 9.53 Å². The average molecular weight is 267 g/mol. The molecule has 0 unspecified atom stereocenters. The van der Waals surface area contributed by atoms with E-state index in [1.54, 1.807) is 13.2 Å². The summed E-state index contributed by atoms with van der Waals surface area (Å²) in [5.74, 6) is 0.666. The number of rotatable bonds is 4. The summed E-state index contributed by atoms with van der Waals surface area (Å²) in [6, 6.07) is 17.0. The number of methoxy groups -OCH3 is 1. The first-order chi connectivity index (χ1) is 9.69. The van der Waals surface area contributed by atoms with E-state index in [1.165, 1.54) is 0 Å². The molecular formula is C17H17NO2. The lowest BCUT2D eigenvalue weighted by Gasteiger charge is -2.05. The minimum Gasteiger partial charge on any atom is -0.497 e. The van der Waals surface area contributed by atoms with Crippen molar-refractivity contribution in [3.05, 3.63) is 66.2 Å². The quantitative estimate of drug-likeness (QED) is 0.857. The first-order valence-electron chi connectivity index (χ1n) is 6.38. The van der Waals surface area contributed by atoms with Crippen LogP contribution in [0.2, 0.25) is 0 Å². The molecule has 20 heavy (non-hydrogen) atoms. The molecule has 0 saturated heterocycles. The molecule has 0 aliphatic heterocycles. The summed E-state index contributed by atoms with van der Waals surface area (Å²) in [4.78, 5) is 11.9. The number of carbonyl (C=O) groups is 1. The molecule has 2 aromatic carbocycles. The summed E-state index contributed by atoms with van der Waals surface area (Å²) in [6.07, 6.45) is 1.59. The maximum atomic E-state index is 11.9. The van der Waals surface area contributed by atoms with E-state index in [1.807, 2.05) is 61.5 Å². The Labute approximate surface area is 118 Å². The maximum absolute atomic E-state index is 11.9. The SMILES string of the molecule is COc1ccc(/C(C)=C/C(=O)Nc2ccccc2)cc1. The number of anilines is 1. The summed E-state index contributed by atoms with van der Waals surface area (Å²) < 4.78 is 5.11. The zero-order valence-corrected chi connectivity index (χ0v) is 11.6. The van der Waals surface area contributed by atoms with Crippen LogP contribution in [0.3, 0.4) is 0 Å².